The Kier molecular flexibility index (Phi) is 4.56. The van der Waals surface area contributed by atoms with E-state index in [2.05, 4.69) is 59.9 Å². The van der Waals surface area contributed by atoms with Crippen LogP contribution in [0.15, 0.2) is 54.6 Å². The van der Waals surface area contributed by atoms with Crippen molar-refractivity contribution in [1.29, 1.82) is 0 Å². The third-order valence-corrected chi connectivity index (χ3v) is 4.29. The van der Waals surface area contributed by atoms with Crippen LogP contribution in [-0.2, 0) is 6.42 Å². The predicted octanol–water partition coefficient (Wildman–Crippen LogP) is 3.80. The Balaban J connectivity index is 1.61. The standard InChI is InChI=1S/C19H23NO/c1-20-18-8-5-9-19(18)21-17-12-10-16(11-13-17)14-15-6-3-2-4-7-15/h2-4,6-7,10-13,18-20H,5,8-9,14H2,1H3. The Labute approximate surface area is 127 Å². The van der Waals surface area contributed by atoms with Gasteiger partial charge in [0.25, 0.3) is 0 Å². The van der Waals surface area contributed by atoms with E-state index in [1.54, 1.807) is 0 Å². The summed E-state index contributed by atoms with van der Waals surface area (Å²) in [5, 5.41) is 3.35. The molecular formula is C19H23NO. The summed E-state index contributed by atoms with van der Waals surface area (Å²) in [5.41, 5.74) is 2.67. The molecule has 0 radical (unpaired) electrons. The third kappa shape index (κ3) is 3.64. The maximum Gasteiger partial charge on any atom is 0.119 e. The average molecular weight is 281 g/mol. The van der Waals surface area contributed by atoms with Crippen molar-refractivity contribution in [3.63, 3.8) is 0 Å². The molecular weight excluding hydrogens is 258 g/mol. The van der Waals surface area contributed by atoms with Crippen LogP contribution in [0.2, 0.25) is 0 Å². The maximum absolute atomic E-state index is 6.12. The van der Waals surface area contributed by atoms with Crippen LogP contribution in [0.4, 0.5) is 0 Å². The van der Waals surface area contributed by atoms with E-state index in [0.29, 0.717) is 12.1 Å². The maximum atomic E-state index is 6.12. The first-order valence-corrected chi connectivity index (χ1v) is 7.82. The molecule has 0 spiro atoms. The van der Waals surface area contributed by atoms with E-state index in [0.717, 1.165) is 18.6 Å². The van der Waals surface area contributed by atoms with Gasteiger partial charge in [0, 0.05) is 6.04 Å². The van der Waals surface area contributed by atoms with Gasteiger partial charge < -0.3 is 10.1 Å². The van der Waals surface area contributed by atoms with Crippen LogP contribution in [0.3, 0.4) is 0 Å². The van der Waals surface area contributed by atoms with Crippen molar-refractivity contribution < 1.29 is 4.74 Å². The Morgan fingerprint density at radius 1 is 0.952 bits per heavy atom. The van der Waals surface area contributed by atoms with Gasteiger partial charge in [0.1, 0.15) is 11.9 Å². The second kappa shape index (κ2) is 6.77. The molecule has 1 N–H and O–H groups in total. The van der Waals surface area contributed by atoms with Crippen LogP contribution in [0.5, 0.6) is 5.75 Å². The van der Waals surface area contributed by atoms with E-state index in [1.165, 1.54) is 24.0 Å². The van der Waals surface area contributed by atoms with Crippen LogP contribution >= 0.6 is 0 Å². The Morgan fingerprint density at radius 2 is 1.67 bits per heavy atom. The molecule has 3 rings (SSSR count). The van der Waals surface area contributed by atoms with E-state index in [-0.39, 0.29) is 0 Å². The van der Waals surface area contributed by atoms with E-state index in [1.807, 2.05) is 7.05 Å². The topological polar surface area (TPSA) is 21.3 Å². The van der Waals surface area contributed by atoms with Crippen molar-refractivity contribution in [1.82, 2.24) is 5.32 Å². The summed E-state index contributed by atoms with van der Waals surface area (Å²) in [4.78, 5) is 0. The molecule has 21 heavy (non-hydrogen) atoms. The Bertz CT molecular complexity index is 550. The molecule has 2 aromatic carbocycles. The lowest BCUT2D eigenvalue weighted by atomic mass is 10.1. The first-order chi connectivity index (χ1) is 10.3. The normalized spacial score (nSPS) is 21.4. The number of nitrogens with one attached hydrogen (secondary N) is 1. The van der Waals surface area contributed by atoms with Crippen molar-refractivity contribution >= 4 is 0 Å². The lowest BCUT2D eigenvalue weighted by Crippen LogP contribution is -2.36. The number of ether oxygens (including phenoxy) is 1. The zero-order valence-corrected chi connectivity index (χ0v) is 12.6. The second-order valence-corrected chi connectivity index (χ2v) is 5.79. The summed E-state index contributed by atoms with van der Waals surface area (Å²) < 4.78 is 6.12. The molecule has 1 fully saturated rings. The first kappa shape index (κ1) is 14.2. The highest BCUT2D eigenvalue weighted by Crippen LogP contribution is 2.25. The molecule has 2 nitrogen and oxygen atoms in total. The van der Waals surface area contributed by atoms with Crippen molar-refractivity contribution in [2.45, 2.75) is 37.8 Å². The van der Waals surface area contributed by atoms with Gasteiger partial charge >= 0.3 is 0 Å². The molecule has 0 amide bonds. The van der Waals surface area contributed by atoms with Gasteiger partial charge in [-0.1, -0.05) is 42.5 Å². The summed E-state index contributed by atoms with van der Waals surface area (Å²) in [6.45, 7) is 0. The molecule has 110 valence electrons. The molecule has 1 aliphatic rings. The molecule has 0 bridgehead atoms. The van der Waals surface area contributed by atoms with E-state index < -0.39 is 0 Å². The minimum Gasteiger partial charge on any atom is -0.489 e. The van der Waals surface area contributed by atoms with Crippen LogP contribution < -0.4 is 10.1 Å². The third-order valence-electron chi connectivity index (χ3n) is 4.29. The number of hydrogen-bond acceptors (Lipinski definition) is 2. The predicted molar refractivity (Wildman–Crippen MR) is 86.8 cm³/mol. The minimum atomic E-state index is 0.315. The number of rotatable bonds is 5. The fraction of sp³-hybridized carbons (Fsp3) is 0.368. The monoisotopic (exact) mass is 281 g/mol. The summed E-state index contributed by atoms with van der Waals surface area (Å²) in [5.74, 6) is 0.985. The second-order valence-electron chi connectivity index (χ2n) is 5.79. The van der Waals surface area contributed by atoms with E-state index in [4.69, 9.17) is 4.74 Å². The van der Waals surface area contributed by atoms with Crippen LogP contribution in [0.25, 0.3) is 0 Å². The summed E-state index contributed by atoms with van der Waals surface area (Å²) >= 11 is 0. The smallest absolute Gasteiger partial charge is 0.119 e. The lowest BCUT2D eigenvalue weighted by molar-refractivity contribution is 0.179. The highest BCUT2D eigenvalue weighted by atomic mass is 16.5. The first-order valence-electron chi connectivity index (χ1n) is 7.82. The largest absolute Gasteiger partial charge is 0.489 e. The number of likely N-dealkylation sites (N-methyl/N-ethyl adjacent to an activating group) is 1. The summed E-state index contributed by atoms with van der Waals surface area (Å²) in [6, 6.07) is 19.6. The van der Waals surface area contributed by atoms with Gasteiger partial charge in [-0.3, -0.25) is 0 Å². The van der Waals surface area contributed by atoms with Gasteiger partial charge in [-0.15, -0.1) is 0 Å². The molecule has 2 aromatic rings. The van der Waals surface area contributed by atoms with E-state index >= 15 is 0 Å². The molecule has 0 heterocycles. The highest BCUT2D eigenvalue weighted by molar-refractivity contribution is 5.31. The fourth-order valence-electron chi connectivity index (χ4n) is 3.09. The van der Waals surface area contributed by atoms with Crippen LogP contribution in [-0.4, -0.2) is 19.2 Å². The van der Waals surface area contributed by atoms with Gasteiger partial charge in [-0.25, -0.2) is 0 Å². The fourth-order valence-corrected chi connectivity index (χ4v) is 3.09. The molecule has 0 saturated heterocycles. The van der Waals surface area contributed by atoms with Crippen LogP contribution in [0.1, 0.15) is 30.4 Å². The lowest BCUT2D eigenvalue weighted by Gasteiger charge is -2.20. The van der Waals surface area contributed by atoms with E-state index in [9.17, 15) is 0 Å². The molecule has 0 aromatic heterocycles. The zero-order chi connectivity index (χ0) is 14.5. The SMILES string of the molecule is CNC1CCCC1Oc1ccc(Cc2ccccc2)cc1. The molecule has 0 aliphatic heterocycles. The Morgan fingerprint density at radius 3 is 2.38 bits per heavy atom. The van der Waals surface area contributed by atoms with Gasteiger partial charge in [-0.05, 0) is 56.0 Å². The van der Waals surface area contributed by atoms with Gasteiger partial charge in [-0.2, -0.15) is 0 Å². The molecule has 2 unspecified atom stereocenters. The van der Waals surface area contributed by atoms with Crippen molar-refractivity contribution in [2.24, 2.45) is 0 Å². The van der Waals surface area contributed by atoms with Gasteiger partial charge in [0.05, 0.1) is 0 Å². The number of hydrogen-bond donors (Lipinski definition) is 1. The van der Waals surface area contributed by atoms with Gasteiger partial charge in [0.2, 0.25) is 0 Å². The quantitative estimate of drug-likeness (QED) is 0.900. The Hall–Kier alpha value is -1.80. The molecule has 1 aliphatic carbocycles. The number of benzene rings is 2. The molecule has 2 atom stereocenters. The van der Waals surface area contributed by atoms with Crippen molar-refractivity contribution in [3.8, 4) is 5.75 Å². The van der Waals surface area contributed by atoms with Crippen molar-refractivity contribution in [3.05, 3.63) is 65.7 Å². The summed E-state index contributed by atoms with van der Waals surface area (Å²) in [6.07, 6.45) is 4.91. The van der Waals surface area contributed by atoms with Crippen LogP contribution in [0, 0.1) is 0 Å². The average Bonchev–Trinajstić information content (AvgIpc) is 2.97. The highest BCUT2D eigenvalue weighted by Gasteiger charge is 2.27. The zero-order valence-electron chi connectivity index (χ0n) is 12.6. The minimum absolute atomic E-state index is 0.315. The van der Waals surface area contributed by atoms with Crippen molar-refractivity contribution in [2.75, 3.05) is 7.05 Å². The molecule has 2 heteroatoms. The van der Waals surface area contributed by atoms with Gasteiger partial charge in [0.15, 0.2) is 0 Å². The summed E-state index contributed by atoms with van der Waals surface area (Å²) in [7, 11) is 2.02. The molecule has 1 saturated carbocycles.